The second kappa shape index (κ2) is 7.33. The van der Waals surface area contributed by atoms with Crippen molar-refractivity contribution in [3.05, 3.63) is 59.3 Å². The minimum absolute atomic E-state index is 0.211. The predicted molar refractivity (Wildman–Crippen MR) is 82.8 cm³/mol. The molecule has 5 nitrogen and oxygen atoms in total. The van der Waals surface area contributed by atoms with Crippen molar-refractivity contribution in [1.29, 1.82) is 0 Å². The van der Waals surface area contributed by atoms with Gasteiger partial charge < -0.3 is 9.63 Å². The van der Waals surface area contributed by atoms with E-state index in [0.29, 0.717) is 0 Å². The van der Waals surface area contributed by atoms with E-state index in [0.717, 1.165) is 24.8 Å². The molecule has 0 atom stereocenters. The Kier molecular flexibility index (Phi) is 5.43. The van der Waals surface area contributed by atoms with Gasteiger partial charge in [-0.25, -0.2) is 4.79 Å². The Morgan fingerprint density at radius 2 is 2.00 bits per heavy atom. The number of carboxylic acids is 1. The lowest BCUT2D eigenvalue weighted by Gasteiger charge is -2.12. The lowest BCUT2D eigenvalue weighted by atomic mass is 10.0. The molecule has 0 aliphatic rings. The summed E-state index contributed by atoms with van der Waals surface area (Å²) in [7, 11) is 0. The van der Waals surface area contributed by atoms with Crippen molar-refractivity contribution in [1.82, 2.24) is 10.1 Å². The normalized spacial score (nSPS) is 11.5. The monoisotopic (exact) mass is 336 g/mol. The molecule has 7 heteroatoms. The first-order valence-electron chi connectivity index (χ1n) is 7.56. The summed E-state index contributed by atoms with van der Waals surface area (Å²) in [5, 5.41) is 12.0. The average molecular weight is 336 g/mol. The number of carbonyl (C=O) groups is 1. The quantitative estimate of drug-likeness (QED) is 0.743. The minimum atomic E-state index is -3.42. The van der Waals surface area contributed by atoms with Crippen molar-refractivity contribution in [3.63, 3.8) is 0 Å². The molecular formula is C17H18F2N2O3. The summed E-state index contributed by atoms with van der Waals surface area (Å²) in [5.74, 6) is -5.67. The van der Waals surface area contributed by atoms with Gasteiger partial charge in [0.15, 0.2) is 0 Å². The maximum Gasteiger partial charge on any atom is 0.335 e. The standard InChI is InChI=1S/C17H18F2N2O3/c1-3-4-5-12-6-8-13(9-7-12)17(18,19)16-20-14(24-21-16)10-11(2)15(22)23/h6-9H,2-5,10H2,1H3,(H,22,23). The number of aliphatic carboxylic acids is 1. The topological polar surface area (TPSA) is 76.2 Å². The van der Waals surface area contributed by atoms with Crippen LogP contribution in [0.2, 0.25) is 0 Å². The average Bonchev–Trinajstić information content (AvgIpc) is 3.02. The largest absolute Gasteiger partial charge is 0.478 e. The summed E-state index contributed by atoms with van der Waals surface area (Å²) in [6.45, 7) is 5.36. The van der Waals surface area contributed by atoms with Crippen LogP contribution in [-0.2, 0) is 23.6 Å². The summed E-state index contributed by atoms with van der Waals surface area (Å²) in [6.07, 6.45) is 2.59. The number of hydrogen-bond acceptors (Lipinski definition) is 4. The number of rotatable bonds is 8. The molecule has 0 amide bonds. The zero-order valence-electron chi connectivity index (χ0n) is 13.3. The van der Waals surface area contributed by atoms with Crippen LogP contribution in [0.3, 0.4) is 0 Å². The predicted octanol–water partition coefficient (Wildman–Crippen LogP) is 3.74. The Morgan fingerprint density at radius 3 is 2.58 bits per heavy atom. The number of halogens is 2. The minimum Gasteiger partial charge on any atom is -0.478 e. The molecule has 2 rings (SSSR count). The van der Waals surface area contributed by atoms with E-state index in [1.165, 1.54) is 12.1 Å². The highest BCUT2D eigenvalue weighted by atomic mass is 19.3. The second-order valence-electron chi connectivity index (χ2n) is 5.47. The van der Waals surface area contributed by atoms with Crippen molar-refractivity contribution < 1.29 is 23.2 Å². The second-order valence-corrected chi connectivity index (χ2v) is 5.47. The zero-order chi connectivity index (χ0) is 17.7. The fourth-order valence-corrected chi connectivity index (χ4v) is 2.10. The van der Waals surface area contributed by atoms with Gasteiger partial charge in [-0.05, 0) is 18.4 Å². The van der Waals surface area contributed by atoms with Crippen molar-refractivity contribution >= 4 is 5.97 Å². The first-order chi connectivity index (χ1) is 11.3. The summed E-state index contributed by atoms with van der Waals surface area (Å²) in [4.78, 5) is 14.3. The van der Waals surface area contributed by atoms with Crippen LogP contribution in [0.1, 0.15) is 42.6 Å². The van der Waals surface area contributed by atoms with Gasteiger partial charge >= 0.3 is 11.9 Å². The fourth-order valence-electron chi connectivity index (χ4n) is 2.10. The van der Waals surface area contributed by atoms with Crippen LogP contribution in [0.5, 0.6) is 0 Å². The lowest BCUT2D eigenvalue weighted by Crippen LogP contribution is -2.17. The van der Waals surface area contributed by atoms with Crippen LogP contribution in [0.15, 0.2) is 40.9 Å². The molecule has 0 spiro atoms. The van der Waals surface area contributed by atoms with Gasteiger partial charge in [0.25, 0.3) is 0 Å². The molecule has 1 aromatic heterocycles. The van der Waals surface area contributed by atoms with Crippen LogP contribution in [0.25, 0.3) is 0 Å². The van der Waals surface area contributed by atoms with E-state index in [1.54, 1.807) is 12.1 Å². The van der Waals surface area contributed by atoms with E-state index < -0.39 is 17.7 Å². The molecule has 0 saturated carbocycles. The molecular weight excluding hydrogens is 318 g/mol. The van der Waals surface area contributed by atoms with Crippen molar-refractivity contribution in [3.8, 4) is 0 Å². The van der Waals surface area contributed by atoms with Crippen molar-refractivity contribution in [2.75, 3.05) is 0 Å². The van der Waals surface area contributed by atoms with E-state index in [9.17, 15) is 13.6 Å². The molecule has 1 N–H and O–H groups in total. The van der Waals surface area contributed by atoms with Gasteiger partial charge in [-0.2, -0.15) is 13.8 Å². The molecule has 0 aliphatic carbocycles. The van der Waals surface area contributed by atoms with Gasteiger partial charge in [0.05, 0.1) is 6.42 Å². The number of hydrogen-bond donors (Lipinski definition) is 1. The third kappa shape index (κ3) is 4.04. The summed E-state index contributed by atoms with van der Waals surface area (Å²) in [6, 6.07) is 6.01. The Morgan fingerprint density at radius 1 is 1.33 bits per heavy atom. The molecule has 0 radical (unpaired) electrons. The number of aromatic nitrogens is 2. The molecule has 0 bridgehead atoms. The van der Waals surface area contributed by atoms with Gasteiger partial charge in [0, 0.05) is 11.1 Å². The van der Waals surface area contributed by atoms with Crippen LogP contribution in [0.4, 0.5) is 8.78 Å². The van der Waals surface area contributed by atoms with E-state index in [-0.39, 0.29) is 23.4 Å². The number of aryl methyl sites for hydroxylation is 1. The third-order valence-corrected chi connectivity index (χ3v) is 3.55. The smallest absolute Gasteiger partial charge is 0.335 e. The van der Waals surface area contributed by atoms with Crippen LogP contribution in [0, 0.1) is 0 Å². The summed E-state index contributed by atoms with van der Waals surface area (Å²) >= 11 is 0. The Bertz CT molecular complexity index is 724. The fraction of sp³-hybridized carbons (Fsp3) is 0.353. The number of unbranched alkanes of at least 4 members (excludes halogenated alkanes) is 1. The van der Waals surface area contributed by atoms with Gasteiger partial charge in [-0.3, -0.25) is 0 Å². The molecule has 128 valence electrons. The molecule has 0 aliphatic heterocycles. The number of carboxylic acid groups (broad SMARTS) is 1. The van der Waals surface area contributed by atoms with Crippen LogP contribution < -0.4 is 0 Å². The van der Waals surface area contributed by atoms with Crippen LogP contribution in [-0.4, -0.2) is 21.2 Å². The third-order valence-electron chi connectivity index (χ3n) is 3.55. The first kappa shape index (κ1) is 17.8. The van der Waals surface area contributed by atoms with E-state index in [1.807, 2.05) is 0 Å². The summed E-state index contributed by atoms with van der Waals surface area (Å²) < 4.78 is 33.6. The lowest BCUT2D eigenvalue weighted by molar-refractivity contribution is -0.132. The highest BCUT2D eigenvalue weighted by Crippen LogP contribution is 2.34. The van der Waals surface area contributed by atoms with E-state index in [2.05, 4.69) is 23.6 Å². The highest BCUT2D eigenvalue weighted by molar-refractivity contribution is 5.86. The number of benzene rings is 1. The molecule has 24 heavy (non-hydrogen) atoms. The first-order valence-corrected chi connectivity index (χ1v) is 7.56. The van der Waals surface area contributed by atoms with E-state index >= 15 is 0 Å². The highest BCUT2D eigenvalue weighted by Gasteiger charge is 2.39. The van der Waals surface area contributed by atoms with Gasteiger partial charge in [0.1, 0.15) is 0 Å². The number of alkyl halides is 2. The Labute approximate surface area is 138 Å². The van der Waals surface area contributed by atoms with Gasteiger partial charge in [-0.1, -0.05) is 49.3 Å². The number of nitrogens with zero attached hydrogens (tertiary/aromatic N) is 2. The molecule has 1 aromatic carbocycles. The van der Waals surface area contributed by atoms with Gasteiger partial charge in [-0.15, -0.1) is 0 Å². The van der Waals surface area contributed by atoms with Crippen LogP contribution >= 0.6 is 0 Å². The maximum atomic E-state index is 14.5. The maximum absolute atomic E-state index is 14.5. The van der Waals surface area contributed by atoms with Crippen molar-refractivity contribution in [2.24, 2.45) is 0 Å². The SMILES string of the molecule is C=C(Cc1nc(C(F)(F)c2ccc(CCCC)cc2)no1)C(=O)O. The molecule has 0 unspecified atom stereocenters. The Hall–Kier alpha value is -2.57. The molecule has 0 saturated heterocycles. The molecule has 0 fully saturated rings. The van der Waals surface area contributed by atoms with Gasteiger partial charge in [0.2, 0.25) is 11.7 Å². The Balaban J connectivity index is 2.16. The zero-order valence-corrected chi connectivity index (χ0v) is 13.3. The molecule has 2 aromatic rings. The van der Waals surface area contributed by atoms with Crippen molar-refractivity contribution in [2.45, 2.75) is 38.5 Å². The van der Waals surface area contributed by atoms with E-state index in [4.69, 9.17) is 9.63 Å². The summed E-state index contributed by atoms with van der Waals surface area (Å²) in [5.41, 5.74) is 0.531. The molecule has 1 heterocycles.